The second-order valence-electron chi connectivity index (χ2n) is 16.3. The third-order valence-electron chi connectivity index (χ3n) is 12.1. The fourth-order valence-corrected chi connectivity index (χ4v) is 9.11. The summed E-state index contributed by atoms with van der Waals surface area (Å²) in [5, 5.41) is 0. The molecule has 0 saturated carbocycles. The van der Waals surface area contributed by atoms with Crippen molar-refractivity contribution in [1.29, 1.82) is 0 Å². The van der Waals surface area contributed by atoms with Crippen LogP contribution < -0.4 is 9.80 Å². The molecule has 0 spiro atoms. The molecule has 0 radical (unpaired) electrons. The molecular weight excluding hydrogens is 717 g/mol. The standard InChI is InChI=1S/C51H42F4N2/c1-32-26-40(57(36-14-10-7-11-15-36)38-22-18-34(19-23-38)51(53,54)55)28-47-48(32)43-30-45-42(29-46(43)50(47,4)5)41-25-24-39(27-44(41)49(45,2)3)56(35-12-8-6-9-13-35)37-20-16-33(31-52)17-21-37/h6-30H,31H2,1-5H3. The summed E-state index contributed by atoms with van der Waals surface area (Å²) < 4.78 is 54.2. The van der Waals surface area contributed by atoms with Gasteiger partial charge in [0, 0.05) is 45.0 Å². The second kappa shape index (κ2) is 13.2. The lowest BCUT2D eigenvalue weighted by Gasteiger charge is -2.29. The topological polar surface area (TPSA) is 6.48 Å². The Morgan fingerprint density at radius 1 is 0.456 bits per heavy atom. The van der Waals surface area contributed by atoms with E-state index in [9.17, 15) is 17.6 Å². The van der Waals surface area contributed by atoms with Crippen LogP contribution in [0.25, 0.3) is 22.3 Å². The van der Waals surface area contributed by atoms with Gasteiger partial charge in [-0.25, -0.2) is 4.39 Å². The van der Waals surface area contributed by atoms with Crippen molar-refractivity contribution in [3.63, 3.8) is 0 Å². The van der Waals surface area contributed by atoms with Crippen molar-refractivity contribution < 1.29 is 17.6 Å². The van der Waals surface area contributed by atoms with Gasteiger partial charge in [-0.1, -0.05) is 82.3 Å². The van der Waals surface area contributed by atoms with Gasteiger partial charge in [0.2, 0.25) is 0 Å². The Labute approximate surface area is 331 Å². The van der Waals surface area contributed by atoms with Crippen LogP contribution in [0.3, 0.4) is 0 Å². The van der Waals surface area contributed by atoms with E-state index in [2.05, 4.69) is 94.1 Å². The molecule has 0 aromatic heterocycles. The van der Waals surface area contributed by atoms with Crippen LogP contribution in [0.2, 0.25) is 0 Å². The monoisotopic (exact) mass is 758 g/mol. The Morgan fingerprint density at radius 2 is 0.912 bits per heavy atom. The van der Waals surface area contributed by atoms with Gasteiger partial charge in [0.05, 0.1) is 5.56 Å². The van der Waals surface area contributed by atoms with Crippen LogP contribution in [0.15, 0.2) is 152 Å². The molecule has 0 heterocycles. The molecule has 0 unspecified atom stereocenters. The Bertz CT molecular complexity index is 2640. The highest BCUT2D eigenvalue weighted by Crippen LogP contribution is 2.58. The minimum Gasteiger partial charge on any atom is -0.310 e. The van der Waals surface area contributed by atoms with E-state index in [1.54, 1.807) is 12.1 Å². The number of benzene rings is 7. The predicted octanol–water partition coefficient (Wildman–Crippen LogP) is 15.0. The summed E-state index contributed by atoms with van der Waals surface area (Å²) in [6.07, 6.45) is -4.42. The number of anilines is 6. The number of alkyl halides is 4. The number of rotatable bonds is 7. The number of nitrogens with zero attached hydrogens (tertiary/aromatic N) is 2. The van der Waals surface area contributed by atoms with Crippen LogP contribution in [0.4, 0.5) is 51.7 Å². The van der Waals surface area contributed by atoms with Gasteiger partial charge in [-0.15, -0.1) is 0 Å². The van der Waals surface area contributed by atoms with E-state index in [0.717, 1.165) is 46.1 Å². The Hall–Kier alpha value is -6.14. The third-order valence-corrected chi connectivity index (χ3v) is 12.1. The van der Waals surface area contributed by atoms with Crippen molar-refractivity contribution in [1.82, 2.24) is 0 Å². The number of halogens is 4. The summed E-state index contributed by atoms with van der Waals surface area (Å²) >= 11 is 0. The lowest BCUT2D eigenvalue weighted by Crippen LogP contribution is -2.18. The third kappa shape index (κ3) is 5.92. The molecule has 0 N–H and O–H groups in total. The second-order valence-corrected chi connectivity index (χ2v) is 16.3. The minimum atomic E-state index is -4.42. The summed E-state index contributed by atoms with van der Waals surface area (Å²) in [5.41, 5.74) is 15.7. The Morgan fingerprint density at radius 3 is 1.49 bits per heavy atom. The van der Waals surface area contributed by atoms with Crippen molar-refractivity contribution >= 4 is 34.1 Å². The molecule has 57 heavy (non-hydrogen) atoms. The summed E-state index contributed by atoms with van der Waals surface area (Å²) in [6, 6.07) is 49.0. The predicted molar refractivity (Wildman–Crippen MR) is 225 cm³/mol. The zero-order valence-electron chi connectivity index (χ0n) is 32.5. The van der Waals surface area contributed by atoms with E-state index in [4.69, 9.17) is 0 Å². The van der Waals surface area contributed by atoms with Gasteiger partial charge in [0.15, 0.2) is 0 Å². The van der Waals surface area contributed by atoms with Gasteiger partial charge in [0.1, 0.15) is 6.67 Å². The first-order valence-corrected chi connectivity index (χ1v) is 19.3. The Kier molecular flexibility index (Phi) is 8.47. The number of aryl methyl sites for hydroxylation is 1. The molecule has 0 saturated heterocycles. The number of fused-ring (bicyclic) bond motifs is 6. The molecule has 284 valence electrons. The van der Waals surface area contributed by atoms with Crippen LogP contribution in [0.1, 0.15) is 66.6 Å². The molecule has 0 atom stereocenters. The Balaban J connectivity index is 1.14. The highest BCUT2D eigenvalue weighted by molar-refractivity contribution is 5.93. The molecule has 7 aromatic carbocycles. The van der Waals surface area contributed by atoms with Crippen LogP contribution >= 0.6 is 0 Å². The number of hydrogen-bond acceptors (Lipinski definition) is 2. The van der Waals surface area contributed by atoms with Crippen LogP contribution in [-0.2, 0) is 23.7 Å². The molecule has 2 aliphatic carbocycles. The molecule has 0 aliphatic heterocycles. The fraction of sp³-hybridized carbons (Fsp3) is 0.176. The van der Waals surface area contributed by atoms with Gasteiger partial charge in [0.25, 0.3) is 0 Å². The SMILES string of the molecule is Cc1cc(N(c2ccccc2)c2ccc(C(F)(F)F)cc2)cc2c1-c1cc3c(cc1C2(C)C)-c1ccc(N(c2ccccc2)c2ccc(CF)cc2)cc1C3(C)C. The first-order valence-electron chi connectivity index (χ1n) is 19.3. The van der Waals surface area contributed by atoms with Crippen molar-refractivity contribution in [2.45, 2.75) is 58.3 Å². The van der Waals surface area contributed by atoms with Crippen molar-refractivity contribution in [2.24, 2.45) is 0 Å². The number of hydrogen-bond donors (Lipinski definition) is 0. The van der Waals surface area contributed by atoms with Gasteiger partial charge >= 0.3 is 6.18 Å². The summed E-state index contributed by atoms with van der Waals surface area (Å²) in [5.74, 6) is 0. The summed E-state index contributed by atoms with van der Waals surface area (Å²) in [4.78, 5) is 4.27. The lowest BCUT2D eigenvalue weighted by molar-refractivity contribution is -0.137. The van der Waals surface area contributed by atoms with Crippen molar-refractivity contribution in [3.8, 4) is 22.3 Å². The molecule has 9 rings (SSSR count). The molecule has 6 heteroatoms. The molecule has 0 bridgehead atoms. The van der Waals surface area contributed by atoms with E-state index >= 15 is 0 Å². The lowest BCUT2D eigenvalue weighted by atomic mass is 9.79. The van der Waals surface area contributed by atoms with Gasteiger partial charge in [-0.3, -0.25) is 0 Å². The molecule has 2 nitrogen and oxygen atoms in total. The molecule has 0 amide bonds. The minimum absolute atomic E-state index is 0.302. The summed E-state index contributed by atoms with van der Waals surface area (Å²) in [7, 11) is 0. The maximum Gasteiger partial charge on any atom is 0.416 e. The average molecular weight is 759 g/mol. The van der Waals surface area contributed by atoms with E-state index in [0.29, 0.717) is 11.3 Å². The zero-order valence-corrected chi connectivity index (χ0v) is 32.5. The van der Waals surface area contributed by atoms with E-state index in [-0.39, 0.29) is 10.8 Å². The highest BCUT2D eigenvalue weighted by Gasteiger charge is 2.43. The van der Waals surface area contributed by atoms with Crippen molar-refractivity contribution in [2.75, 3.05) is 9.80 Å². The first-order chi connectivity index (χ1) is 27.3. The normalized spacial score (nSPS) is 14.4. The molecule has 7 aromatic rings. The average Bonchev–Trinajstić information content (AvgIpc) is 3.57. The van der Waals surface area contributed by atoms with E-state index in [1.807, 2.05) is 77.7 Å². The molecule has 0 fully saturated rings. The van der Waals surface area contributed by atoms with Gasteiger partial charge in [-0.2, -0.15) is 13.2 Å². The molecular formula is C51H42F4N2. The van der Waals surface area contributed by atoms with E-state index < -0.39 is 18.4 Å². The maximum absolute atomic E-state index is 13.6. The largest absolute Gasteiger partial charge is 0.416 e. The first kappa shape index (κ1) is 36.5. The zero-order chi connectivity index (χ0) is 39.9. The van der Waals surface area contributed by atoms with Crippen molar-refractivity contribution in [3.05, 3.63) is 191 Å². The van der Waals surface area contributed by atoms with Crippen LogP contribution in [0, 0.1) is 6.92 Å². The smallest absolute Gasteiger partial charge is 0.310 e. The van der Waals surface area contributed by atoms with E-state index in [1.165, 1.54) is 44.5 Å². The van der Waals surface area contributed by atoms with Crippen LogP contribution in [0.5, 0.6) is 0 Å². The van der Waals surface area contributed by atoms with Crippen LogP contribution in [-0.4, -0.2) is 0 Å². The molecule has 2 aliphatic rings. The number of para-hydroxylation sites is 2. The quantitative estimate of drug-likeness (QED) is 0.149. The van der Waals surface area contributed by atoms with Gasteiger partial charge in [-0.05, 0) is 160 Å². The van der Waals surface area contributed by atoms with Gasteiger partial charge < -0.3 is 9.80 Å². The highest BCUT2D eigenvalue weighted by atomic mass is 19.4. The fourth-order valence-electron chi connectivity index (χ4n) is 9.11. The summed E-state index contributed by atoms with van der Waals surface area (Å²) in [6.45, 7) is 10.8. The maximum atomic E-state index is 13.6.